The normalized spacial score (nSPS) is 29.1. The van der Waals surface area contributed by atoms with E-state index in [0.717, 1.165) is 5.56 Å². The van der Waals surface area contributed by atoms with E-state index in [1.165, 1.54) is 0 Å². The standard InChI is InChI=1S/C11H16N2O2S/c1-8-2-4-9(5-3-8)16(14,15)10-6-11(10,13)7-12/h2-5,10H,6-7,12-13H2,1H3/t10-,11-/m1/s1. The van der Waals surface area contributed by atoms with Crippen molar-refractivity contribution < 1.29 is 8.42 Å². The summed E-state index contributed by atoms with van der Waals surface area (Å²) in [7, 11) is -3.31. The van der Waals surface area contributed by atoms with E-state index in [1.54, 1.807) is 24.3 Å². The molecular weight excluding hydrogens is 224 g/mol. The molecule has 0 spiro atoms. The van der Waals surface area contributed by atoms with Gasteiger partial charge in [0.05, 0.1) is 10.1 Å². The van der Waals surface area contributed by atoms with Crippen LogP contribution in [-0.4, -0.2) is 25.8 Å². The Kier molecular flexibility index (Phi) is 2.57. The van der Waals surface area contributed by atoms with E-state index in [0.29, 0.717) is 11.3 Å². The largest absolute Gasteiger partial charge is 0.329 e. The monoisotopic (exact) mass is 240 g/mol. The maximum Gasteiger partial charge on any atom is 0.183 e. The molecule has 1 aromatic carbocycles. The van der Waals surface area contributed by atoms with E-state index in [1.807, 2.05) is 6.92 Å². The average Bonchev–Trinajstić information content (AvgIpc) is 2.93. The summed E-state index contributed by atoms with van der Waals surface area (Å²) in [4.78, 5) is 0.337. The fourth-order valence-corrected chi connectivity index (χ4v) is 3.90. The van der Waals surface area contributed by atoms with E-state index in [2.05, 4.69) is 0 Å². The predicted molar refractivity (Wildman–Crippen MR) is 62.7 cm³/mol. The molecule has 0 bridgehead atoms. The highest BCUT2D eigenvalue weighted by Gasteiger charge is 2.58. The third-order valence-corrected chi connectivity index (χ3v) is 5.47. The molecule has 0 unspecified atom stereocenters. The van der Waals surface area contributed by atoms with Crippen molar-refractivity contribution in [1.82, 2.24) is 0 Å². The number of sulfone groups is 1. The Labute approximate surface area is 95.6 Å². The van der Waals surface area contributed by atoms with Crippen molar-refractivity contribution in [2.75, 3.05) is 6.54 Å². The van der Waals surface area contributed by atoms with Crippen molar-refractivity contribution in [2.24, 2.45) is 11.5 Å². The average molecular weight is 240 g/mol. The van der Waals surface area contributed by atoms with Crippen molar-refractivity contribution in [1.29, 1.82) is 0 Å². The van der Waals surface area contributed by atoms with Crippen molar-refractivity contribution in [3.05, 3.63) is 29.8 Å². The van der Waals surface area contributed by atoms with Gasteiger partial charge in [0, 0.05) is 12.1 Å². The molecule has 1 aliphatic carbocycles. The molecule has 0 aromatic heterocycles. The van der Waals surface area contributed by atoms with Crippen LogP contribution in [0.4, 0.5) is 0 Å². The van der Waals surface area contributed by atoms with E-state index < -0.39 is 20.6 Å². The fourth-order valence-electron chi connectivity index (χ4n) is 1.81. The first-order valence-electron chi connectivity index (χ1n) is 5.20. The van der Waals surface area contributed by atoms with Crippen LogP contribution in [-0.2, 0) is 9.84 Å². The highest BCUT2D eigenvalue weighted by molar-refractivity contribution is 7.92. The maximum absolute atomic E-state index is 12.1. The molecule has 2 rings (SSSR count). The van der Waals surface area contributed by atoms with Gasteiger partial charge >= 0.3 is 0 Å². The van der Waals surface area contributed by atoms with E-state index in [-0.39, 0.29) is 6.54 Å². The summed E-state index contributed by atoms with van der Waals surface area (Å²) >= 11 is 0. The Balaban J connectivity index is 2.31. The lowest BCUT2D eigenvalue weighted by Crippen LogP contribution is -2.38. The number of nitrogens with two attached hydrogens (primary N) is 2. The number of hydrogen-bond acceptors (Lipinski definition) is 4. The molecule has 1 aromatic rings. The van der Waals surface area contributed by atoms with Crippen molar-refractivity contribution in [3.8, 4) is 0 Å². The van der Waals surface area contributed by atoms with Gasteiger partial charge in [0.15, 0.2) is 9.84 Å². The Hall–Kier alpha value is -0.910. The lowest BCUT2D eigenvalue weighted by atomic mass is 10.2. The topological polar surface area (TPSA) is 86.2 Å². The van der Waals surface area contributed by atoms with Gasteiger partial charge in [-0.3, -0.25) is 0 Å². The van der Waals surface area contributed by atoms with Crippen LogP contribution in [0.15, 0.2) is 29.2 Å². The minimum atomic E-state index is -3.31. The molecule has 0 radical (unpaired) electrons. The summed E-state index contributed by atoms with van der Waals surface area (Å²) in [5, 5.41) is -0.521. The Morgan fingerprint density at radius 3 is 2.38 bits per heavy atom. The van der Waals surface area contributed by atoms with Crippen LogP contribution >= 0.6 is 0 Å². The van der Waals surface area contributed by atoms with Gasteiger partial charge in [-0.05, 0) is 25.5 Å². The zero-order valence-electron chi connectivity index (χ0n) is 9.18. The summed E-state index contributed by atoms with van der Waals surface area (Å²) in [5.74, 6) is 0. The van der Waals surface area contributed by atoms with Crippen LogP contribution in [0.3, 0.4) is 0 Å². The molecule has 0 heterocycles. The highest BCUT2D eigenvalue weighted by Crippen LogP contribution is 2.41. The van der Waals surface area contributed by atoms with Gasteiger partial charge in [0.25, 0.3) is 0 Å². The van der Waals surface area contributed by atoms with Crippen molar-refractivity contribution in [3.63, 3.8) is 0 Å². The lowest BCUT2D eigenvalue weighted by molar-refractivity contribution is 0.586. The number of aryl methyl sites for hydroxylation is 1. The SMILES string of the molecule is Cc1ccc(S(=O)(=O)[C@@H]2C[C@@]2(N)CN)cc1. The first-order chi connectivity index (χ1) is 7.40. The number of rotatable bonds is 3. The molecular formula is C11H16N2O2S. The summed E-state index contributed by atoms with van der Waals surface area (Å²) < 4.78 is 24.3. The van der Waals surface area contributed by atoms with Crippen LogP contribution in [0.1, 0.15) is 12.0 Å². The van der Waals surface area contributed by atoms with Gasteiger partial charge in [0.2, 0.25) is 0 Å². The van der Waals surface area contributed by atoms with E-state index >= 15 is 0 Å². The molecule has 0 saturated heterocycles. The Bertz CT molecular complexity index is 495. The summed E-state index contributed by atoms with van der Waals surface area (Å²) in [6.45, 7) is 2.13. The fraction of sp³-hybridized carbons (Fsp3) is 0.455. The molecule has 88 valence electrons. The first kappa shape index (κ1) is 11.6. The second-order valence-electron chi connectivity index (χ2n) is 4.49. The number of benzene rings is 1. The Morgan fingerprint density at radius 1 is 1.38 bits per heavy atom. The predicted octanol–water partition coefficient (Wildman–Crippen LogP) is 0.197. The van der Waals surface area contributed by atoms with Gasteiger partial charge in [-0.15, -0.1) is 0 Å². The lowest BCUT2D eigenvalue weighted by Gasteiger charge is -2.09. The van der Waals surface area contributed by atoms with Gasteiger partial charge < -0.3 is 11.5 Å². The summed E-state index contributed by atoms with van der Waals surface area (Å²) in [6.07, 6.45) is 0.458. The van der Waals surface area contributed by atoms with Crippen LogP contribution in [0.25, 0.3) is 0 Å². The molecule has 1 saturated carbocycles. The smallest absolute Gasteiger partial charge is 0.183 e. The molecule has 5 heteroatoms. The zero-order chi connectivity index (χ0) is 12.0. The minimum Gasteiger partial charge on any atom is -0.329 e. The van der Waals surface area contributed by atoms with Crippen molar-refractivity contribution >= 4 is 9.84 Å². The summed E-state index contributed by atoms with van der Waals surface area (Å²) in [6, 6.07) is 6.83. The highest BCUT2D eigenvalue weighted by atomic mass is 32.2. The van der Waals surface area contributed by atoms with Gasteiger partial charge in [0.1, 0.15) is 0 Å². The van der Waals surface area contributed by atoms with Crippen LogP contribution in [0.5, 0.6) is 0 Å². The second kappa shape index (κ2) is 3.55. The molecule has 0 aliphatic heterocycles. The van der Waals surface area contributed by atoms with Crippen LogP contribution < -0.4 is 11.5 Å². The third-order valence-electron chi connectivity index (χ3n) is 3.15. The summed E-state index contributed by atoms with van der Waals surface area (Å²) in [5.41, 5.74) is 11.6. The zero-order valence-corrected chi connectivity index (χ0v) is 10.00. The Morgan fingerprint density at radius 2 is 1.94 bits per heavy atom. The molecule has 4 nitrogen and oxygen atoms in total. The van der Waals surface area contributed by atoms with E-state index in [9.17, 15) is 8.42 Å². The minimum absolute atomic E-state index is 0.211. The number of hydrogen-bond donors (Lipinski definition) is 2. The van der Waals surface area contributed by atoms with Gasteiger partial charge in [-0.25, -0.2) is 8.42 Å². The second-order valence-corrected chi connectivity index (χ2v) is 6.62. The van der Waals surface area contributed by atoms with Gasteiger partial charge in [-0.1, -0.05) is 17.7 Å². The van der Waals surface area contributed by atoms with Crippen LogP contribution in [0, 0.1) is 6.92 Å². The molecule has 4 N–H and O–H groups in total. The molecule has 16 heavy (non-hydrogen) atoms. The van der Waals surface area contributed by atoms with Crippen LogP contribution in [0.2, 0.25) is 0 Å². The molecule has 0 amide bonds. The molecule has 2 atom stereocenters. The quantitative estimate of drug-likeness (QED) is 0.790. The van der Waals surface area contributed by atoms with E-state index in [4.69, 9.17) is 11.5 Å². The van der Waals surface area contributed by atoms with Gasteiger partial charge in [-0.2, -0.15) is 0 Å². The molecule has 1 fully saturated rings. The maximum atomic E-state index is 12.1. The first-order valence-corrected chi connectivity index (χ1v) is 6.74. The molecule has 1 aliphatic rings. The third kappa shape index (κ3) is 1.75. The van der Waals surface area contributed by atoms with Crippen molar-refractivity contribution in [2.45, 2.75) is 29.0 Å².